The van der Waals surface area contributed by atoms with Gasteiger partial charge in [0.1, 0.15) is 5.82 Å². The number of carboxylic acids is 1. The molecule has 0 saturated carbocycles. The zero-order valence-corrected chi connectivity index (χ0v) is 10.7. The first kappa shape index (κ1) is 13.5. The molecule has 17 heavy (non-hydrogen) atoms. The molecule has 0 amide bonds. The predicted octanol–water partition coefficient (Wildman–Crippen LogP) is 2.84. The van der Waals surface area contributed by atoms with Crippen LogP contribution in [0.4, 0.5) is 5.82 Å². The second-order valence-electron chi connectivity index (χ2n) is 3.81. The number of hydrogen-bond acceptors (Lipinski definition) is 3. The number of carbonyl (C=O) groups is 1. The highest BCUT2D eigenvalue weighted by molar-refractivity contribution is 6.33. The lowest BCUT2D eigenvalue weighted by Crippen LogP contribution is -2.25. The molecule has 1 N–H and O–H groups in total. The molecule has 0 fully saturated rings. The lowest BCUT2D eigenvalue weighted by atomic mass is 10.2. The molecule has 0 spiro atoms. The summed E-state index contributed by atoms with van der Waals surface area (Å²) in [5.41, 5.74) is 1.08. The van der Waals surface area contributed by atoms with Gasteiger partial charge in [0.15, 0.2) is 0 Å². The van der Waals surface area contributed by atoms with E-state index in [4.69, 9.17) is 16.7 Å². The van der Waals surface area contributed by atoms with Crippen LogP contribution in [-0.2, 0) is 0 Å². The lowest BCUT2D eigenvalue weighted by Gasteiger charge is -2.23. The minimum absolute atomic E-state index is 0.0881. The number of likely N-dealkylation sites (N-methyl/N-ethyl adjacent to an activating group) is 1. The van der Waals surface area contributed by atoms with Crippen LogP contribution in [0.3, 0.4) is 0 Å². The number of carboxylic acid groups (broad SMARTS) is 1. The van der Waals surface area contributed by atoms with E-state index < -0.39 is 5.97 Å². The predicted molar refractivity (Wildman–Crippen MR) is 68.9 cm³/mol. The summed E-state index contributed by atoms with van der Waals surface area (Å²) in [5, 5.41) is 9.16. The summed E-state index contributed by atoms with van der Waals surface area (Å²) in [4.78, 5) is 16.8. The van der Waals surface area contributed by atoms with Crippen LogP contribution in [0, 0.1) is 0 Å². The normalized spacial score (nSPS) is 10.1. The molecule has 1 aromatic heterocycles. The SMILES string of the molecule is C=C(C)CN(CC)c1ncc(C(=O)O)cc1Cl. The van der Waals surface area contributed by atoms with Gasteiger partial charge < -0.3 is 10.0 Å². The Morgan fingerprint density at radius 3 is 2.71 bits per heavy atom. The van der Waals surface area contributed by atoms with Crippen molar-refractivity contribution >= 4 is 23.4 Å². The summed E-state index contributed by atoms with van der Waals surface area (Å²) in [6.45, 7) is 9.11. The van der Waals surface area contributed by atoms with E-state index >= 15 is 0 Å². The zero-order chi connectivity index (χ0) is 13.0. The highest BCUT2D eigenvalue weighted by Gasteiger charge is 2.13. The summed E-state index contributed by atoms with van der Waals surface area (Å²) in [5.74, 6) is -0.448. The Hall–Kier alpha value is -1.55. The van der Waals surface area contributed by atoms with Crippen molar-refractivity contribution in [1.82, 2.24) is 4.98 Å². The number of rotatable bonds is 5. The summed E-state index contributed by atoms with van der Waals surface area (Å²) < 4.78 is 0. The fourth-order valence-corrected chi connectivity index (χ4v) is 1.73. The first-order valence-corrected chi connectivity index (χ1v) is 5.61. The Bertz CT molecular complexity index is 446. The van der Waals surface area contributed by atoms with Gasteiger partial charge in [0, 0.05) is 19.3 Å². The van der Waals surface area contributed by atoms with Gasteiger partial charge in [-0.2, -0.15) is 0 Å². The third kappa shape index (κ3) is 3.46. The third-order valence-corrected chi connectivity index (χ3v) is 2.49. The number of pyridine rings is 1. The first-order valence-electron chi connectivity index (χ1n) is 5.23. The Morgan fingerprint density at radius 2 is 2.29 bits per heavy atom. The summed E-state index contributed by atoms with van der Waals surface area (Å²) in [6, 6.07) is 1.41. The van der Waals surface area contributed by atoms with Gasteiger partial charge in [0.25, 0.3) is 0 Å². The van der Waals surface area contributed by atoms with Gasteiger partial charge in [-0.25, -0.2) is 9.78 Å². The topological polar surface area (TPSA) is 53.4 Å². The molecule has 0 aromatic carbocycles. The van der Waals surface area contributed by atoms with E-state index in [-0.39, 0.29) is 5.56 Å². The molecular formula is C12H15ClN2O2. The van der Waals surface area contributed by atoms with Crippen LogP contribution in [0.1, 0.15) is 24.2 Å². The quantitative estimate of drug-likeness (QED) is 0.821. The van der Waals surface area contributed by atoms with Crippen molar-refractivity contribution < 1.29 is 9.90 Å². The molecular weight excluding hydrogens is 240 g/mol. The van der Waals surface area contributed by atoms with Crippen LogP contribution in [0.2, 0.25) is 5.02 Å². The molecule has 92 valence electrons. The molecule has 0 saturated heterocycles. The fourth-order valence-electron chi connectivity index (χ4n) is 1.44. The summed E-state index contributed by atoms with van der Waals surface area (Å²) >= 11 is 6.03. The third-order valence-electron chi connectivity index (χ3n) is 2.21. The second-order valence-corrected chi connectivity index (χ2v) is 4.21. The standard InChI is InChI=1S/C12H15ClN2O2/c1-4-15(7-8(2)3)11-10(13)5-9(6-14-11)12(16)17/h5-6H,2,4,7H2,1,3H3,(H,16,17). The van der Waals surface area contributed by atoms with E-state index in [1.165, 1.54) is 12.3 Å². The largest absolute Gasteiger partial charge is 0.478 e. The Morgan fingerprint density at radius 1 is 1.65 bits per heavy atom. The van der Waals surface area contributed by atoms with Gasteiger partial charge in [-0.05, 0) is 19.9 Å². The molecule has 0 aliphatic carbocycles. The number of halogens is 1. The maximum absolute atomic E-state index is 10.8. The molecule has 1 rings (SSSR count). The average molecular weight is 255 g/mol. The van der Waals surface area contributed by atoms with Crippen LogP contribution in [0.15, 0.2) is 24.4 Å². The first-order chi connectivity index (χ1) is 7.95. The molecule has 5 heteroatoms. The van der Waals surface area contributed by atoms with Crippen molar-refractivity contribution in [2.45, 2.75) is 13.8 Å². The van der Waals surface area contributed by atoms with E-state index in [2.05, 4.69) is 11.6 Å². The van der Waals surface area contributed by atoms with Crippen molar-refractivity contribution in [2.75, 3.05) is 18.0 Å². The molecule has 0 atom stereocenters. The van der Waals surface area contributed by atoms with Crippen LogP contribution in [-0.4, -0.2) is 29.1 Å². The van der Waals surface area contributed by atoms with Gasteiger partial charge >= 0.3 is 5.97 Å². The van der Waals surface area contributed by atoms with Crippen LogP contribution >= 0.6 is 11.6 Å². The Labute approximate surface area is 106 Å². The summed E-state index contributed by atoms with van der Waals surface area (Å²) in [6.07, 6.45) is 1.31. The molecule has 0 aliphatic rings. The van der Waals surface area contributed by atoms with Crippen molar-refractivity contribution in [3.63, 3.8) is 0 Å². The van der Waals surface area contributed by atoms with Gasteiger partial charge in [0.2, 0.25) is 0 Å². The molecule has 0 unspecified atom stereocenters. The molecule has 4 nitrogen and oxygen atoms in total. The van der Waals surface area contributed by atoms with Gasteiger partial charge in [-0.1, -0.05) is 23.8 Å². The molecule has 1 aromatic rings. The number of aromatic carboxylic acids is 1. The van der Waals surface area contributed by atoms with Crippen LogP contribution < -0.4 is 4.90 Å². The van der Waals surface area contributed by atoms with Crippen LogP contribution in [0.5, 0.6) is 0 Å². The second kappa shape index (κ2) is 5.68. The van der Waals surface area contributed by atoms with Crippen LogP contribution in [0.25, 0.3) is 0 Å². The van der Waals surface area contributed by atoms with E-state index in [1.54, 1.807) is 0 Å². The number of hydrogen-bond donors (Lipinski definition) is 1. The molecule has 0 bridgehead atoms. The van der Waals surface area contributed by atoms with Crippen molar-refractivity contribution in [3.8, 4) is 0 Å². The fraction of sp³-hybridized carbons (Fsp3) is 0.333. The maximum Gasteiger partial charge on any atom is 0.337 e. The maximum atomic E-state index is 10.8. The lowest BCUT2D eigenvalue weighted by molar-refractivity contribution is 0.0696. The average Bonchev–Trinajstić information content (AvgIpc) is 2.25. The highest BCUT2D eigenvalue weighted by atomic mass is 35.5. The Kier molecular flexibility index (Phi) is 4.52. The van der Waals surface area contributed by atoms with E-state index in [1.807, 2.05) is 18.7 Å². The van der Waals surface area contributed by atoms with Gasteiger partial charge in [-0.15, -0.1) is 0 Å². The summed E-state index contributed by atoms with van der Waals surface area (Å²) in [7, 11) is 0. The number of nitrogens with zero attached hydrogens (tertiary/aromatic N) is 2. The van der Waals surface area contributed by atoms with E-state index in [9.17, 15) is 4.79 Å². The van der Waals surface area contributed by atoms with E-state index in [0.29, 0.717) is 17.4 Å². The number of anilines is 1. The minimum Gasteiger partial charge on any atom is -0.478 e. The Balaban J connectivity index is 3.04. The van der Waals surface area contributed by atoms with Crippen molar-refractivity contribution in [1.29, 1.82) is 0 Å². The monoisotopic (exact) mass is 254 g/mol. The molecule has 0 radical (unpaired) electrons. The number of aromatic nitrogens is 1. The van der Waals surface area contributed by atoms with Gasteiger partial charge in [0.05, 0.1) is 10.6 Å². The smallest absolute Gasteiger partial charge is 0.337 e. The molecule has 0 aliphatic heterocycles. The highest BCUT2D eigenvalue weighted by Crippen LogP contribution is 2.24. The van der Waals surface area contributed by atoms with Crippen molar-refractivity contribution in [3.05, 3.63) is 35.0 Å². The van der Waals surface area contributed by atoms with E-state index in [0.717, 1.165) is 12.1 Å². The zero-order valence-electron chi connectivity index (χ0n) is 9.90. The minimum atomic E-state index is -1.03. The molecule has 1 heterocycles. The van der Waals surface area contributed by atoms with Crippen molar-refractivity contribution in [2.24, 2.45) is 0 Å². The van der Waals surface area contributed by atoms with Gasteiger partial charge in [-0.3, -0.25) is 0 Å².